The molecule has 0 aromatic heterocycles. The minimum absolute atomic E-state index is 0.0158. The quantitative estimate of drug-likeness (QED) is 0.0156. The van der Waals surface area contributed by atoms with Gasteiger partial charge in [-0.1, -0.05) is 136 Å². The molecule has 12 nitrogen and oxygen atoms in total. The highest BCUT2D eigenvalue weighted by Gasteiger charge is 2.19. The molecule has 1 unspecified atom stereocenters. The number of nitrogens with zero attached hydrogens (tertiary/aromatic N) is 1. The van der Waals surface area contributed by atoms with Gasteiger partial charge in [-0.15, -0.1) is 0 Å². The molecule has 1 aromatic carbocycles. The number of unbranched alkanes of at least 4 members (excludes halogenated alkanes) is 18. The summed E-state index contributed by atoms with van der Waals surface area (Å²) in [6.45, 7) is 6.87. The fourth-order valence-electron chi connectivity index (χ4n) is 6.63. The molecule has 0 aliphatic carbocycles. The van der Waals surface area contributed by atoms with Gasteiger partial charge in [0.15, 0.2) is 0 Å². The number of carbonyl (C=O) groups is 4. The van der Waals surface area contributed by atoms with E-state index in [-0.39, 0.29) is 61.5 Å². The Labute approximate surface area is 349 Å². The normalized spacial score (nSPS) is 11.6. The van der Waals surface area contributed by atoms with Crippen LogP contribution < -0.4 is 4.74 Å². The van der Waals surface area contributed by atoms with Gasteiger partial charge in [0.2, 0.25) is 0 Å². The number of hydrogen-bond donors (Lipinski definition) is 0. The van der Waals surface area contributed by atoms with Crippen LogP contribution in [0.4, 0.5) is 10.5 Å². The number of non-ortho nitro benzene ring substituents is 1. The summed E-state index contributed by atoms with van der Waals surface area (Å²) >= 11 is 0. The molecule has 0 fully saturated rings. The second kappa shape index (κ2) is 36.4. The molecule has 0 spiro atoms. The maximum Gasteiger partial charge on any atom is 0.513 e. The van der Waals surface area contributed by atoms with Crippen LogP contribution in [0.1, 0.15) is 201 Å². The summed E-state index contributed by atoms with van der Waals surface area (Å²) in [5.74, 6) is -0.825. The summed E-state index contributed by atoms with van der Waals surface area (Å²) < 4.78 is 27.5. The Morgan fingerprint density at radius 2 is 0.966 bits per heavy atom. The minimum atomic E-state index is -0.942. The molecule has 332 valence electrons. The van der Waals surface area contributed by atoms with E-state index in [1.165, 1.54) is 69.2 Å². The van der Waals surface area contributed by atoms with Crippen molar-refractivity contribution in [2.24, 2.45) is 5.92 Å². The lowest BCUT2D eigenvalue weighted by Gasteiger charge is -2.19. The molecule has 0 amide bonds. The fraction of sp³-hybridized carbons (Fsp3) is 0.783. The first-order valence-corrected chi connectivity index (χ1v) is 22.8. The molecule has 0 aliphatic rings. The third-order valence-electron chi connectivity index (χ3n) is 10.3. The number of carbonyl (C=O) groups excluding carboxylic acids is 4. The van der Waals surface area contributed by atoms with E-state index in [0.29, 0.717) is 44.9 Å². The van der Waals surface area contributed by atoms with E-state index in [4.69, 9.17) is 23.7 Å². The van der Waals surface area contributed by atoms with Gasteiger partial charge in [0.25, 0.3) is 5.69 Å². The maximum absolute atomic E-state index is 13.0. The molecular formula is C46H77NO11. The van der Waals surface area contributed by atoms with Crippen LogP contribution in [0, 0.1) is 16.0 Å². The Bertz CT molecular complexity index is 1190. The second-order valence-corrected chi connectivity index (χ2v) is 15.6. The van der Waals surface area contributed by atoms with Crippen molar-refractivity contribution in [1.82, 2.24) is 0 Å². The lowest BCUT2D eigenvalue weighted by Crippen LogP contribution is -2.22. The second-order valence-electron chi connectivity index (χ2n) is 15.6. The summed E-state index contributed by atoms with van der Waals surface area (Å²) in [5, 5.41) is 10.9. The molecule has 1 aromatic rings. The van der Waals surface area contributed by atoms with Crippen LogP contribution in [0.3, 0.4) is 0 Å². The van der Waals surface area contributed by atoms with Gasteiger partial charge in [-0.3, -0.25) is 24.5 Å². The highest BCUT2D eigenvalue weighted by Crippen LogP contribution is 2.20. The van der Waals surface area contributed by atoms with Crippen LogP contribution in [0.15, 0.2) is 24.3 Å². The number of nitro groups is 1. The first-order valence-electron chi connectivity index (χ1n) is 22.8. The molecule has 0 saturated heterocycles. The van der Waals surface area contributed by atoms with Gasteiger partial charge in [0.05, 0.1) is 24.7 Å². The van der Waals surface area contributed by atoms with Gasteiger partial charge in [0, 0.05) is 43.7 Å². The van der Waals surface area contributed by atoms with Crippen molar-refractivity contribution in [3.05, 3.63) is 34.4 Å². The average molecular weight is 820 g/mol. The Hall–Kier alpha value is -3.70. The summed E-state index contributed by atoms with van der Waals surface area (Å²) in [6, 6.07) is 5.12. The molecule has 0 radical (unpaired) electrons. The Balaban J connectivity index is 2.63. The standard InChI is InChI=1S/C46H77NO11/c1-4-7-10-13-14-15-16-17-20-21-27-41(35-36-54-46(51)58-42-33-31-40(32-34-42)47(52)53)57-45(50)30-25-24-26-39(37-55-43(48)28-22-18-11-8-5-2)38-56-44(49)29-23-19-12-9-6-3/h31-34,39,41H,4-30,35-38H2,1-3H3. The zero-order valence-electron chi connectivity index (χ0n) is 36.3. The van der Waals surface area contributed by atoms with E-state index in [2.05, 4.69) is 20.8 Å². The van der Waals surface area contributed by atoms with Gasteiger partial charge in [-0.05, 0) is 50.7 Å². The number of esters is 3. The summed E-state index contributed by atoms with van der Waals surface area (Å²) in [6.07, 6.45) is 24.7. The van der Waals surface area contributed by atoms with Crippen LogP contribution in [0.25, 0.3) is 0 Å². The molecule has 0 heterocycles. The Morgan fingerprint density at radius 3 is 1.47 bits per heavy atom. The van der Waals surface area contributed by atoms with Crippen molar-refractivity contribution < 1.29 is 47.8 Å². The predicted molar refractivity (Wildman–Crippen MR) is 227 cm³/mol. The van der Waals surface area contributed by atoms with Crippen LogP contribution in [-0.4, -0.2) is 54.9 Å². The Morgan fingerprint density at radius 1 is 0.534 bits per heavy atom. The fourth-order valence-corrected chi connectivity index (χ4v) is 6.63. The number of ether oxygens (including phenoxy) is 5. The van der Waals surface area contributed by atoms with Gasteiger partial charge >= 0.3 is 24.1 Å². The van der Waals surface area contributed by atoms with Crippen molar-refractivity contribution in [2.75, 3.05) is 19.8 Å². The monoisotopic (exact) mass is 820 g/mol. The van der Waals surface area contributed by atoms with E-state index >= 15 is 0 Å². The van der Waals surface area contributed by atoms with E-state index in [0.717, 1.165) is 83.5 Å². The molecule has 1 atom stereocenters. The molecular weight excluding hydrogens is 743 g/mol. The summed E-state index contributed by atoms with van der Waals surface area (Å²) in [5.41, 5.74) is -0.120. The maximum atomic E-state index is 13.0. The SMILES string of the molecule is CCCCCCCCCCCCC(CCOC(=O)Oc1ccc([N+](=O)[O-])cc1)OC(=O)CCCCC(COC(=O)CCCCCCC)COC(=O)CCCCCCC. The first-order chi connectivity index (χ1) is 28.2. The largest absolute Gasteiger partial charge is 0.513 e. The zero-order valence-corrected chi connectivity index (χ0v) is 36.3. The molecule has 0 aliphatic heterocycles. The van der Waals surface area contributed by atoms with Crippen molar-refractivity contribution in [3.63, 3.8) is 0 Å². The number of benzene rings is 1. The van der Waals surface area contributed by atoms with E-state index in [1.54, 1.807) is 0 Å². The number of rotatable bonds is 38. The summed E-state index contributed by atoms with van der Waals surface area (Å²) in [7, 11) is 0. The molecule has 1 rings (SSSR count). The van der Waals surface area contributed by atoms with E-state index < -0.39 is 17.2 Å². The van der Waals surface area contributed by atoms with Gasteiger partial charge in [0.1, 0.15) is 11.9 Å². The van der Waals surface area contributed by atoms with Crippen LogP contribution in [0.5, 0.6) is 5.75 Å². The topological polar surface area (TPSA) is 158 Å². The van der Waals surface area contributed by atoms with E-state index in [1.807, 2.05) is 0 Å². The average Bonchev–Trinajstić information content (AvgIpc) is 3.20. The minimum Gasteiger partial charge on any atom is -0.465 e. The van der Waals surface area contributed by atoms with Crippen molar-refractivity contribution in [2.45, 2.75) is 207 Å². The van der Waals surface area contributed by atoms with Crippen LogP contribution >= 0.6 is 0 Å². The molecule has 0 bridgehead atoms. The van der Waals surface area contributed by atoms with Crippen LogP contribution in [-0.2, 0) is 33.3 Å². The highest BCUT2D eigenvalue weighted by atomic mass is 16.7. The summed E-state index contributed by atoms with van der Waals surface area (Å²) in [4.78, 5) is 60.5. The lowest BCUT2D eigenvalue weighted by atomic mass is 10.0. The van der Waals surface area contributed by atoms with Gasteiger partial charge < -0.3 is 23.7 Å². The van der Waals surface area contributed by atoms with Gasteiger partial charge in [-0.25, -0.2) is 4.79 Å². The molecule has 0 N–H and O–H groups in total. The van der Waals surface area contributed by atoms with Crippen molar-refractivity contribution in [1.29, 1.82) is 0 Å². The zero-order chi connectivity index (χ0) is 42.5. The first kappa shape index (κ1) is 52.3. The lowest BCUT2D eigenvalue weighted by molar-refractivity contribution is -0.384. The third-order valence-corrected chi connectivity index (χ3v) is 10.3. The van der Waals surface area contributed by atoms with Crippen molar-refractivity contribution >= 4 is 29.8 Å². The van der Waals surface area contributed by atoms with Crippen molar-refractivity contribution in [3.8, 4) is 5.75 Å². The highest BCUT2D eigenvalue weighted by molar-refractivity contribution is 5.70. The molecule has 58 heavy (non-hydrogen) atoms. The number of nitro benzene ring substituents is 1. The third kappa shape index (κ3) is 30.4. The molecule has 12 heteroatoms. The van der Waals surface area contributed by atoms with E-state index in [9.17, 15) is 29.3 Å². The predicted octanol–water partition coefficient (Wildman–Crippen LogP) is 12.7. The van der Waals surface area contributed by atoms with Gasteiger partial charge in [-0.2, -0.15) is 0 Å². The Kier molecular flexibility index (Phi) is 32.8. The molecule has 0 saturated carbocycles. The smallest absolute Gasteiger partial charge is 0.465 e. The number of hydrogen-bond acceptors (Lipinski definition) is 11. The van der Waals surface area contributed by atoms with Crippen LogP contribution in [0.2, 0.25) is 0 Å².